The lowest BCUT2D eigenvalue weighted by atomic mass is 9.93. The van der Waals surface area contributed by atoms with Gasteiger partial charge < -0.3 is 19.5 Å². The van der Waals surface area contributed by atoms with Gasteiger partial charge in [-0.2, -0.15) is 13.2 Å². The molecule has 4 rings (SSSR count). The van der Waals surface area contributed by atoms with Crippen LogP contribution in [0, 0.1) is 0 Å². The Morgan fingerprint density at radius 3 is 2.34 bits per heavy atom. The molecule has 7 N–H and O–H groups in total. The van der Waals surface area contributed by atoms with Crippen LogP contribution < -0.4 is 26.7 Å². The topological polar surface area (TPSA) is 238 Å². The van der Waals surface area contributed by atoms with E-state index in [9.17, 15) is 26.4 Å². The number of amidine groups is 1. The fraction of sp³-hybridized carbons (Fsp3) is 0.231. The Kier molecular flexibility index (Phi) is 10.4. The third-order valence-corrected chi connectivity index (χ3v) is 6.85. The highest BCUT2D eigenvalue weighted by Crippen LogP contribution is 2.30. The van der Waals surface area contributed by atoms with Gasteiger partial charge >= 0.3 is 6.18 Å². The number of nitrogens with one attached hydrogen (secondary N) is 1. The number of carboxylic acids is 1. The Morgan fingerprint density at radius 1 is 1.14 bits per heavy atom. The predicted octanol–water partition coefficient (Wildman–Crippen LogP) is -0.908. The number of alkyl halides is 3. The number of aromatic nitrogens is 2. The summed E-state index contributed by atoms with van der Waals surface area (Å²) in [4.78, 5) is 36.0. The number of hydrogen-bond acceptors (Lipinski definition) is 10. The van der Waals surface area contributed by atoms with Crippen LogP contribution in [0.1, 0.15) is 24.5 Å². The van der Waals surface area contributed by atoms with Crippen molar-refractivity contribution >= 4 is 39.4 Å². The second kappa shape index (κ2) is 13.6. The Morgan fingerprint density at radius 2 is 1.77 bits per heavy atom. The Hall–Kier alpha value is -4.94. The number of nitrogens with two attached hydrogens (primary N) is 3. The zero-order valence-corrected chi connectivity index (χ0v) is 23.7. The highest BCUT2D eigenvalue weighted by atomic mass is 32.2. The molecule has 14 nitrogen and oxygen atoms in total. The predicted molar refractivity (Wildman–Crippen MR) is 147 cm³/mol. The normalized spacial score (nSPS) is 16.2. The van der Waals surface area contributed by atoms with Crippen molar-refractivity contribution in [3.8, 4) is 11.1 Å². The van der Waals surface area contributed by atoms with E-state index in [-0.39, 0.29) is 29.7 Å². The maximum atomic E-state index is 13.3. The maximum absolute atomic E-state index is 13.3. The average Bonchev–Trinajstić information content (AvgIpc) is 3.42. The van der Waals surface area contributed by atoms with Gasteiger partial charge in [-0.25, -0.2) is 23.5 Å². The number of carboxylic acid groups (broad SMARTS) is 1. The lowest BCUT2D eigenvalue weighted by Gasteiger charge is -2.24. The third kappa shape index (κ3) is 8.33. The largest absolute Gasteiger partial charge is 0.542 e. The van der Waals surface area contributed by atoms with Crippen LogP contribution in [0.4, 0.5) is 19.1 Å². The van der Waals surface area contributed by atoms with Crippen LogP contribution in [-0.2, 0) is 29.2 Å². The number of aliphatic carboxylic acids is 1. The average molecular weight is 638 g/mol. The van der Waals surface area contributed by atoms with Crippen LogP contribution in [0.2, 0.25) is 0 Å². The van der Waals surface area contributed by atoms with E-state index in [2.05, 4.69) is 20.4 Å². The standard InChI is InChI=1S/C24H25N7O5S.C2HF3O2/c1-2-35-14-24(11-19(31-36-24)15-6-5-7-16(10-15)21(25)26)22(32)30-23-28-12-17(13-29-23)18-8-3-4-9-20(18)37(27,33)34;3-2(4,5)1(6)7/h3-10,12-13H,2,11,14H2,1H3,(H3,25,26)(H2,27,33,34)(H,28,29,30,32);(H,6,7). The van der Waals surface area contributed by atoms with Crippen molar-refractivity contribution in [3.05, 3.63) is 72.1 Å². The molecule has 3 aromatic rings. The number of benzene rings is 2. The Balaban J connectivity index is 0.000000676. The van der Waals surface area contributed by atoms with Crippen molar-refractivity contribution in [3.63, 3.8) is 0 Å². The lowest BCUT2D eigenvalue weighted by Crippen LogP contribution is -2.47. The molecule has 1 unspecified atom stereocenters. The number of primary sulfonamides is 1. The van der Waals surface area contributed by atoms with Gasteiger partial charge in [0.05, 0.1) is 22.8 Å². The van der Waals surface area contributed by atoms with Crippen molar-refractivity contribution in [2.24, 2.45) is 16.0 Å². The number of halogens is 3. The number of rotatable bonds is 9. The van der Waals surface area contributed by atoms with Gasteiger partial charge in [-0.05, 0) is 25.1 Å². The van der Waals surface area contributed by atoms with Crippen LogP contribution in [0.5, 0.6) is 0 Å². The van der Waals surface area contributed by atoms with E-state index >= 15 is 0 Å². The molecule has 1 aromatic heterocycles. The summed E-state index contributed by atoms with van der Waals surface area (Å²) in [5.41, 5.74) is 6.84. The molecule has 0 fully saturated rings. The SMILES string of the molecule is CCOCC1(C(=O)Nc2ncc(-c3ccccc3S(N)(=O)=O)cn2)CC(c2cccc(C(N)=[NH2+])c2)=NO1.O=C([O-])C(F)(F)F. The van der Waals surface area contributed by atoms with E-state index in [1.54, 1.807) is 43.3 Å². The van der Waals surface area contributed by atoms with Gasteiger partial charge in [0.1, 0.15) is 5.97 Å². The summed E-state index contributed by atoms with van der Waals surface area (Å²) in [5, 5.41) is 26.6. The number of hydrogen-bond donors (Lipinski definition) is 4. The quantitative estimate of drug-likeness (QED) is 0.166. The molecule has 18 heteroatoms. The van der Waals surface area contributed by atoms with E-state index in [4.69, 9.17) is 35.8 Å². The number of anilines is 1. The molecule has 2 aromatic carbocycles. The minimum atomic E-state index is -5.19. The zero-order valence-electron chi connectivity index (χ0n) is 22.9. The molecule has 1 aliphatic rings. The molecule has 234 valence electrons. The maximum Gasteiger partial charge on any atom is 0.430 e. The van der Waals surface area contributed by atoms with Gasteiger partial charge in [-0.3, -0.25) is 21.3 Å². The summed E-state index contributed by atoms with van der Waals surface area (Å²) < 4.78 is 60.9. The van der Waals surface area contributed by atoms with Gasteiger partial charge in [0.25, 0.3) is 11.7 Å². The van der Waals surface area contributed by atoms with E-state index in [1.807, 2.05) is 6.07 Å². The van der Waals surface area contributed by atoms with E-state index in [0.717, 1.165) is 0 Å². The van der Waals surface area contributed by atoms with E-state index < -0.39 is 33.7 Å². The van der Waals surface area contributed by atoms with Crippen molar-refractivity contribution in [2.75, 3.05) is 18.5 Å². The molecule has 0 saturated heterocycles. The van der Waals surface area contributed by atoms with Gasteiger partial charge in [0.15, 0.2) is 0 Å². The van der Waals surface area contributed by atoms with Crippen molar-refractivity contribution in [1.29, 1.82) is 0 Å². The van der Waals surface area contributed by atoms with Gasteiger partial charge in [-0.1, -0.05) is 35.5 Å². The first-order valence-corrected chi connectivity index (χ1v) is 14.0. The number of nitrogens with zero attached hydrogens (tertiary/aromatic N) is 3. The Labute approximate surface area is 248 Å². The number of carbonyl (C=O) groups excluding carboxylic acids is 2. The van der Waals surface area contributed by atoms with E-state index in [1.165, 1.54) is 18.5 Å². The molecule has 1 aliphatic heterocycles. The van der Waals surface area contributed by atoms with Crippen LogP contribution >= 0.6 is 0 Å². The summed E-state index contributed by atoms with van der Waals surface area (Å²) in [6.07, 6.45) is -2.30. The summed E-state index contributed by atoms with van der Waals surface area (Å²) in [6, 6.07) is 13.3. The second-order valence-corrected chi connectivity index (χ2v) is 10.6. The molecular weight excluding hydrogens is 611 g/mol. The first kappa shape index (κ1) is 33.6. The van der Waals surface area contributed by atoms with Crippen LogP contribution in [0.3, 0.4) is 0 Å². The fourth-order valence-corrected chi connectivity index (χ4v) is 4.50. The van der Waals surface area contributed by atoms with Crippen LogP contribution in [-0.4, -0.2) is 66.8 Å². The number of oxime groups is 1. The van der Waals surface area contributed by atoms with Gasteiger partial charge in [0, 0.05) is 42.1 Å². The smallest absolute Gasteiger partial charge is 0.430 e. The van der Waals surface area contributed by atoms with Crippen LogP contribution in [0.15, 0.2) is 71.0 Å². The molecule has 44 heavy (non-hydrogen) atoms. The molecule has 0 bridgehead atoms. The fourth-order valence-electron chi connectivity index (χ4n) is 3.74. The van der Waals surface area contributed by atoms with Crippen molar-refractivity contribution in [1.82, 2.24) is 9.97 Å². The third-order valence-electron chi connectivity index (χ3n) is 5.88. The first-order chi connectivity index (χ1) is 20.6. The molecule has 0 spiro atoms. The molecular formula is C26H26F3N7O7S. The molecule has 0 saturated carbocycles. The molecule has 2 heterocycles. The van der Waals surface area contributed by atoms with Crippen molar-refractivity contribution < 1.29 is 51.3 Å². The summed E-state index contributed by atoms with van der Waals surface area (Å²) in [5.74, 6) is -3.42. The Bertz CT molecular complexity index is 1680. The first-order valence-electron chi connectivity index (χ1n) is 12.4. The number of sulfonamides is 1. The van der Waals surface area contributed by atoms with E-state index in [0.29, 0.717) is 34.6 Å². The molecule has 1 amide bonds. The second-order valence-electron chi connectivity index (χ2n) is 9.05. The van der Waals surface area contributed by atoms with Gasteiger partial charge in [-0.15, -0.1) is 0 Å². The lowest BCUT2D eigenvalue weighted by molar-refractivity contribution is -0.344. The number of carbonyl (C=O) groups is 2. The van der Waals surface area contributed by atoms with Crippen molar-refractivity contribution in [2.45, 2.75) is 30.0 Å². The summed E-state index contributed by atoms with van der Waals surface area (Å²) in [7, 11) is -3.96. The molecule has 1 atom stereocenters. The summed E-state index contributed by atoms with van der Waals surface area (Å²) in [6.45, 7) is 2.09. The number of amides is 1. The summed E-state index contributed by atoms with van der Waals surface area (Å²) >= 11 is 0. The highest BCUT2D eigenvalue weighted by molar-refractivity contribution is 7.89. The number of ether oxygens (including phenoxy) is 1. The monoisotopic (exact) mass is 637 g/mol. The minimum Gasteiger partial charge on any atom is -0.542 e. The molecule has 0 aliphatic carbocycles. The highest BCUT2D eigenvalue weighted by Gasteiger charge is 2.47. The zero-order chi connectivity index (χ0) is 32.7. The minimum absolute atomic E-state index is 0.0118. The van der Waals surface area contributed by atoms with Crippen LogP contribution in [0.25, 0.3) is 11.1 Å². The van der Waals surface area contributed by atoms with Gasteiger partial charge in [0.2, 0.25) is 21.6 Å². The molecule has 0 radical (unpaired) electrons.